The van der Waals surface area contributed by atoms with Gasteiger partial charge < -0.3 is 10.2 Å². The van der Waals surface area contributed by atoms with Gasteiger partial charge in [0, 0.05) is 25.7 Å². The number of hydrogen-bond donors (Lipinski definition) is 1. The molecule has 1 aliphatic rings. The standard InChI is InChI=1S/C15H22N4O/c1-4-7-16-15(20)13-9-14(18-12(3)17-13)19-8-5-6-11(2)10-19/h4,9,11H,1,5-8,10H2,2-3H3,(H,16,20). The van der Waals surface area contributed by atoms with E-state index in [1.165, 1.54) is 12.8 Å². The highest BCUT2D eigenvalue weighted by molar-refractivity contribution is 5.93. The third-order valence-electron chi connectivity index (χ3n) is 3.45. The zero-order chi connectivity index (χ0) is 14.5. The fraction of sp³-hybridized carbons (Fsp3) is 0.533. The van der Waals surface area contributed by atoms with Crippen molar-refractivity contribution in [2.24, 2.45) is 5.92 Å². The molecular formula is C15H22N4O. The van der Waals surface area contributed by atoms with Gasteiger partial charge in [-0.2, -0.15) is 0 Å². The van der Waals surface area contributed by atoms with E-state index in [2.05, 4.69) is 33.7 Å². The van der Waals surface area contributed by atoms with Crippen LogP contribution in [0.5, 0.6) is 0 Å². The van der Waals surface area contributed by atoms with Crippen molar-refractivity contribution >= 4 is 11.7 Å². The highest BCUT2D eigenvalue weighted by atomic mass is 16.1. The molecular weight excluding hydrogens is 252 g/mol. The van der Waals surface area contributed by atoms with E-state index in [1.807, 2.05) is 6.92 Å². The Hall–Kier alpha value is -1.91. The van der Waals surface area contributed by atoms with Gasteiger partial charge in [-0.05, 0) is 25.7 Å². The van der Waals surface area contributed by atoms with Crippen molar-refractivity contribution in [1.82, 2.24) is 15.3 Å². The highest BCUT2D eigenvalue weighted by Gasteiger charge is 2.19. The summed E-state index contributed by atoms with van der Waals surface area (Å²) in [4.78, 5) is 22.9. The molecule has 1 fully saturated rings. The van der Waals surface area contributed by atoms with Crippen LogP contribution >= 0.6 is 0 Å². The summed E-state index contributed by atoms with van der Waals surface area (Å²) < 4.78 is 0. The van der Waals surface area contributed by atoms with Crippen LogP contribution in [0.2, 0.25) is 0 Å². The van der Waals surface area contributed by atoms with Crippen molar-refractivity contribution in [3.05, 3.63) is 30.2 Å². The lowest BCUT2D eigenvalue weighted by molar-refractivity contribution is 0.0952. The third kappa shape index (κ3) is 3.56. The van der Waals surface area contributed by atoms with Gasteiger partial charge in [0.2, 0.25) is 0 Å². The van der Waals surface area contributed by atoms with Crippen molar-refractivity contribution in [1.29, 1.82) is 0 Å². The fourth-order valence-corrected chi connectivity index (χ4v) is 2.48. The minimum Gasteiger partial charge on any atom is -0.356 e. The molecule has 0 saturated carbocycles. The first-order chi connectivity index (χ1) is 9.60. The first-order valence-corrected chi connectivity index (χ1v) is 7.10. The van der Waals surface area contributed by atoms with E-state index < -0.39 is 0 Å². The highest BCUT2D eigenvalue weighted by Crippen LogP contribution is 2.21. The van der Waals surface area contributed by atoms with Crippen LogP contribution in [0.1, 0.15) is 36.1 Å². The van der Waals surface area contributed by atoms with Gasteiger partial charge in [-0.15, -0.1) is 6.58 Å². The quantitative estimate of drug-likeness (QED) is 0.852. The predicted molar refractivity (Wildman–Crippen MR) is 79.9 cm³/mol. The molecule has 1 aromatic heterocycles. The second kappa shape index (κ2) is 6.50. The first kappa shape index (κ1) is 14.5. The molecule has 0 spiro atoms. The Morgan fingerprint density at radius 1 is 1.60 bits per heavy atom. The molecule has 0 aromatic carbocycles. The van der Waals surface area contributed by atoms with Crippen LogP contribution in [0.25, 0.3) is 0 Å². The number of rotatable bonds is 4. The summed E-state index contributed by atoms with van der Waals surface area (Å²) in [5.41, 5.74) is 0.424. The predicted octanol–water partition coefficient (Wildman–Crippen LogP) is 1.94. The average molecular weight is 274 g/mol. The Morgan fingerprint density at radius 2 is 2.40 bits per heavy atom. The van der Waals surface area contributed by atoms with E-state index in [-0.39, 0.29) is 5.91 Å². The molecule has 1 atom stereocenters. The maximum Gasteiger partial charge on any atom is 0.270 e. The number of aromatic nitrogens is 2. The Morgan fingerprint density at radius 3 is 3.10 bits per heavy atom. The number of aryl methyl sites for hydroxylation is 1. The maximum absolute atomic E-state index is 12.0. The molecule has 1 unspecified atom stereocenters. The van der Waals surface area contributed by atoms with Crippen LogP contribution in [0.4, 0.5) is 5.82 Å². The van der Waals surface area contributed by atoms with Crippen molar-refractivity contribution < 1.29 is 4.79 Å². The van der Waals surface area contributed by atoms with Crippen molar-refractivity contribution in [3.8, 4) is 0 Å². The number of amides is 1. The van der Waals surface area contributed by atoms with E-state index >= 15 is 0 Å². The molecule has 20 heavy (non-hydrogen) atoms. The van der Waals surface area contributed by atoms with Crippen LogP contribution in [-0.4, -0.2) is 35.5 Å². The minimum absolute atomic E-state index is 0.179. The van der Waals surface area contributed by atoms with Gasteiger partial charge in [0.25, 0.3) is 5.91 Å². The Balaban J connectivity index is 2.19. The van der Waals surface area contributed by atoms with Crippen molar-refractivity contribution in [2.45, 2.75) is 26.7 Å². The Labute approximate surface area is 120 Å². The number of hydrogen-bond acceptors (Lipinski definition) is 4. The van der Waals surface area contributed by atoms with Gasteiger partial charge in [0.1, 0.15) is 17.3 Å². The smallest absolute Gasteiger partial charge is 0.270 e. The molecule has 1 N–H and O–H groups in total. The van der Waals surface area contributed by atoms with Crippen LogP contribution in [0.15, 0.2) is 18.7 Å². The lowest BCUT2D eigenvalue weighted by Gasteiger charge is -2.32. The molecule has 1 amide bonds. The number of carbonyl (C=O) groups excluding carboxylic acids is 1. The van der Waals surface area contributed by atoms with Crippen LogP contribution in [0.3, 0.4) is 0 Å². The summed E-state index contributed by atoms with van der Waals surface area (Å²) in [6, 6.07) is 1.78. The lowest BCUT2D eigenvalue weighted by Crippen LogP contribution is -2.35. The average Bonchev–Trinajstić information content (AvgIpc) is 2.44. The number of nitrogens with zero attached hydrogens (tertiary/aromatic N) is 3. The molecule has 5 nitrogen and oxygen atoms in total. The number of carbonyl (C=O) groups is 1. The molecule has 1 saturated heterocycles. The molecule has 0 bridgehead atoms. The summed E-state index contributed by atoms with van der Waals surface area (Å²) >= 11 is 0. The molecule has 0 radical (unpaired) electrons. The molecule has 2 rings (SSSR count). The summed E-state index contributed by atoms with van der Waals surface area (Å²) in [6.45, 7) is 10.1. The van der Waals surface area contributed by atoms with Gasteiger partial charge >= 0.3 is 0 Å². The van der Waals surface area contributed by atoms with Crippen molar-refractivity contribution in [2.75, 3.05) is 24.5 Å². The van der Waals surface area contributed by atoms with Crippen LogP contribution < -0.4 is 10.2 Å². The minimum atomic E-state index is -0.179. The zero-order valence-corrected chi connectivity index (χ0v) is 12.2. The van der Waals surface area contributed by atoms with Crippen molar-refractivity contribution in [3.63, 3.8) is 0 Å². The molecule has 1 aromatic rings. The molecule has 108 valence electrons. The Bertz CT molecular complexity index is 501. The molecule has 2 heterocycles. The SMILES string of the molecule is C=CCNC(=O)c1cc(N2CCCC(C)C2)nc(C)n1. The second-order valence-corrected chi connectivity index (χ2v) is 5.35. The van der Waals surface area contributed by atoms with Crippen LogP contribution in [0, 0.1) is 12.8 Å². The van der Waals surface area contributed by atoms with Gasteiger partial charge in [0.05, 0.1) is 0 Å². The second-order valence-electron chi connectivity index (χ2n) is 5.35. The third-order valence-corrected chi connectivity index (χ3v) is 3.45. The molecule has 1 aliphatic heterocycles. The number of nitrogens with one attached hydrogen (secondary N) is 1. The van der Waals surface area contributed by atoms with Gasteiger partial charge in [-0.25, -0.2) is 9.97 Å². The summed E-state index contributed by atoms with van der Waals surface area (Å²) in [5.74, 6) is 1.97. The topological polar surface area (TPSA) is 58.1 Å². The van der Waals surface area contributed by atoms with E-state index in [1.54, 1.807) is 12.1 Å². The van der Waals surface area contributed by atoms with Gasteiger partial charge in [0.15, 0.2) is 0 Å². The van der Waals surface area contributed by atoms with Gasteiger partial charge in [-0.1, -0.05) is 13.0 Å². The van der Waals surface area contributed by atoms with Crippen LogP contribution in [-0.2, 0) is 0 Å². The van der Waals surface area contributed by atoms with E-state index in [4.69, 9.17) is 0 Å². The zero-order valence-electron chi connectivity index (χ0n) is 12.2. The molecule has 5 heteroatoms. The monoisotopic (exact) mass is 274 g/mol. The summed E-state index contributed by atoms with van der Waals surface area (Å²) in [6.07, 6.45) is 4.08. The maximum atomic E-state index is 12.0. The Kier molecular flexibility index (Phi) is 4.71. The normalized spacial score (nSPS) is 18.7. The van der Waals surface area contributed by atoms with Gasteiger partial charge in [-0.3, -0.25) is 4.79 Å². The summed E-state index contributed by atoms with van der Waals surface area (Å²) in [5, 5.41) is 2.75. The summed E-state index contributed by atoms with van der Waals surface area (Å²) in [7, 11) is 0. The van der Waals surface area contributed by atoms with E-state index in [0.717, 1.165) is 18.9 Å². The van der Waals surface area contributed by atoms with E-state index in [9.17, 15) is 4.79 Å². The first-order valence-electron chi connectivity index (χ1n) is 7.10. The molecule has 0 aliphatic carbocycles. The number of anilines is 1. The fourth-order valence-electron chi connectivity index (χ4n) is 2.48. The largest absolute Gasteiger partial charge is 0.356 e. The lowest BCUT2D eigenvalue weighted by atomic mass is 10.0. The van der Waals surface area contributed by atoms with E-state index in [0.29, 0.717) is 24.0 Å². The number of piperidine rings is 1.